The fourth-order valence-electron chi connectivity index (χ4n) is 2.95. The number of morpholine rings is 1. The lowest BCUT2D eigenvalue weighted by Crippen LogP contribution is -2.58. The predicted molar refractivity (Wildman–Crippen MR) is 81.4 cm³/mol. The summed E-state index contributed by atoms with van der Waals surface area (Å²) in [7, 11) is -3.52. The maximum Gasteiger partial charge on any atom is 0.243 e. The third-order valence-electron chi connectivity index (χ3n) is 4.30. The van der Waals surface area contributed by atoms with E-state index >= 15 is 0 Å². The topological polar surface area (TPSA) is 66.9 Å². The molecule has 0 unspecified atom stereocenters. The Hall–Kier alpha value is -1.28. The summed E-state index contributed by atoms with van der Waals surface area (Å²) in [4.78, 5) is 13.8. The number of ether oxygens (including phenoxy) is 1. The summed E-state index contributed by atoms with van der Waals surface area (Å²) in [6, 6.07) is 6.28. The van der Waals surface area contributed by atoms with Crippen LogP contribution in [-0.2, 0) is 14.8 Å². The molecule has 3 rings (SSSR count). The third-order valence-corrected chi connectivity index (χ3v) is 6.18. The molecule has 0 saturated carbocycles. The van der Waals surface area contributed by atoms with E-state index < -0.39 is 10.0 Å². The molecule has 2 saturated heterocycles. The van der Waals surface area contributed by atoms with Crippen molar-refractivity contribution in [3.8, 4) is 0 Å². The Balaban J connectivity index is 1.79. The van der Waals surface area contributed by atoms with Crippen LogP contribution in [-0.4, -0.2) is 68.8 Å². The van der Waals surface area contributed by atoms with E-state index in [4.69, 9.17) is 4.74 Å². The Bertz CT molecular complexity index is 657. The van der Waals surface area contributed by atoms with Gasteiger partial charge in [-0.15, -0.1) is 0 Å². The second-order valence-corrected chi connectivity index (χ2v) is 7.65. The van der Waals surface area contributed by atoms with Crippen molar-refractivity contribution in [3.63, 3.8) is 0 Å². The molecule has 1 atom stereocenters. The van der Waals surface area contributed by atoms with Crippen LogP contribution in [0.5, 0.6) is 0 Å². The molecule has 1 aromatic carbocycles. The van der Waals surface area contributed by atoms with E-state index in [1.165, 1.54) is 23.4 Å². The number of rotatable bonds is 3. The van der Waals surface area contributed by atoms with Gasteiger partial charge in [0.15, 0.2) is 5.78 Å². The zero-order valence-electron chi connectivity index (χ0n) is 12.6. The zero-order chi connectivity index (χ0) is 15.7. The predicted octanol–water partition coefficient (Wildman–Crippen LogP) is 0.594. The highest BCUT2D eigenvalue weighted by molar-refractivity contribution is 7.89. The second-order valence-electron chi connectivity index (χ2n) is 5.71. The van der Waals surface area contributed by atoms with E-state index in [0.717, 1.165) is 19.7 Å². The number of nitrogens with zero attached hydrogens (tertiary/aromatic N) is 2. The van der Waals surface area contributed by atoms with Crippen molar-refractivity contribution in [1.82, 2.24) is 9.21 Å². The maximum absolute atomic E-state index is 12.7. The summed E-state index contributed by atoms with van der Waals surface area (Å²) in [6.07, 6.45) is 0. The molecule has 0 amide bonds. The van der Waals surface area contributed by atoms with Gasteiger partial charge in [-0.2, -0.15) is 4.31 Å². The summed E-state index contributed by atoms with van der Waals surface area (Å²) in [5.74, 6) is -0.0723. The van der Waals surface area contributed by atoms with Gasteiger partial charge in [0.1, 0.15) is 0 Å². The standard InChI is InChI=1S/C15H20N2O4S/c1-12(18)13-2-4-15(5-3-13)22(19,20)17-7-6-16-8-9-21-11-14(16)10-17/h2-5,14H,6-11H2,1H3/t14-/m1/s1. The van der Waals surface area contributed by atoms with Crippen molar-refractivity contribution in [1.29, 1.82) is 0 Å². The Labute approximate surface area is 130 Å². The van der Waals surface area contributed by atoms with Gasteiger partial charge in [0.25, 0.3) is 0 Å². The summed E-state index contributed by atoms with van der Waals surface area (Å²) >= 11 is 0. The van der Waals surface area contributed by atoms with E-state index in [9.17, 15) is 13.2 Å². The molecule has 0 radical (unpaired) electrons. The largest absolute Gasteiger partial charge is 0.378 e. The lowest BCUT2D eigenvalue weighted by atomic mass is 10.2. The molecule has 1 aromatic rings. The molecule has 2 aliphatic rings. The van der Waals surface area contributed by atoms with Crippen LogP contribution in [0.1, 0.15) is 17.3 Å². The van der Waals surface area contributed by atoms with Gasteiger partial charge in [0.05, 0.1) is 18.1 Å². The number of hydrogen-bond acceptors (Lipinski definition) is 5. The SMILES string of the molecule is CC(=O)c1ccc(S(=O)(=O)N2CCN3CCOC[C@H]3C2)cc1. The molecule has 7 heteroatoms. The molecule has 2 heterocycles. The molecular weight excluding hydrogens is 304 g/mol. The van der Waals surface area contributed by atoms with E-state index in [0.29, 0.717) is 25.3 Å². The van der Waals surface area contributed by atoms with Crippen LogP contribution in [0.25, 0.3) is 0 Å². The summed E-state index contributed by atoms with van der Waals surface area (Å²) in [5, 5.41) is 0. The van der Waals surface area contributed by atoms with Crippen LogP contribution in [0.4, 0.5) is 0 Å². The van der Waals surface area contributed by atoms with Gasteiger partial charge in [0.2, 0.25) is 10.0 Å². The molecule has 2 aliphatic heterocycles. The molecule has 0 aliphatic carbocycles. The number of fused-ring (bicyclic) bond motifs is 1. The van der Waals surface area contributed by atoms with E-state index in [1.807, 2.05) is 0 Å². The van der Waals surface area contributed by atoms with Gasteiger partial charge in [-0.1, -0.05) is 12.1 Å². The summed E-state index contributed by atoms with van der Waals surface area (Å²) < 4.78 is 32.4. The molecular formula is C15H20N2O4S. The number of carbonyl (C=O) groups excluding carboxylic acids is 1. The van der Waals surface area contributed by atoms with Crippen LogP contribution in [0.3, 0.4) is 0 Å². The first-order chi connectivity index (χ1) is 10.5. The van der Waals surface area contributed by atoms with Gasteiger partial charge >= 0.3 is 0 Å². The third kappa shape index (κ3) is 2.94. The van der Waals surface area contributed by atoms with Crippen molar-refractivity contribution in [2.45, 2.75) is 17.9 Å². The Morgan fingerprint density at radius 3 is 2.59 bits per heavy atom. The van der Waals surface area contributed by atoms with E-state index in [1.54, 1.807) is 12.1 Å². The molecule has 0 aromatic heterocycles. The van der Waals surface area contributed by atoms with Crippen molar-refractivity contribution < 1.29 is 17.9 Å². The number of benzene rings is 1. The highest BCUT2D eigenvalue weighted by Gasteiger charge is 2.35. The normalized spacial score (nSPS) is 24.0. The number of piperazine rings is 1. The molecule has 120 valence electrons. The van der Waals surface area contributed by atoms with Crippen LogP contribution in [0.2, 0.25) is 0 Å². The number of hydrogen-bond donors (Lipinski definition) is 0. The molecule has 22 heavy (non-hydrogen) atoms. The van der Waals surface area contributed by atoms with E-state index in [-0.39, 0.29) is 16.7 Å². The van der Waals surface area contributed by atoms with Crippen LogP contribution in [0.15, 0.2) is 29.2 Å². The number of carbonyl (C=O) groups is 1. The minimum absolute atomic E-state index is 0.0723. The Kier molecular flexibility index (Phi) is 4.31. The number of Topliss-reactive ketones (excluding diaryl/α,β-unsaturated/α-hetero) is 1. The minimum atomic E-state index is -3.52. The van der Waals surface area contributed by atoms with Gasteiger partial charge in [0, 0.05) is 37.8 Å². The minimum Gasteiger partial charge on any atom is -0.378 e. The zero-order valence-corrected chi connectivity index (χ0v) is 13.4. The highest BCUT2D eigenvalue weighted by Crippen LogP contribution is 2.22. The van der Waals surface area contributed by atoms with Gasteiger partial charge in [-0.05, 0) is 19.1 Å². The van der Waals surface area contributed by atoms with Crippen molar-refractivity contribution in [2.24, 2.45) is 0 Å². The molecule has 0 N–H and O–H groups in total. The fraction of sp³-hybridized carbons (Fsp3) is 0.533. The Morgan fingerprint density at radius 2 is 1.91 bits per heavy atom. The van der Waals surface area contributed by atoms with Crippen molar-refractivity contribution in [3.05, 3.63) is 29.8 Å². The summed E-state index contributed by atoms with van der Waals surface area (Å²) in [5.41, 5.74) is 0.518. The average Bonchev–Trinajstić information content (AvgIpc) is 2.54. The van der Waals surface area contributed by atoms with Crippen molar-refractivity contribution >= 4 is 15.8 Å². The van der Waals surface area contributed by atoms with Crippen molar-refractivity contribution in [2.75, 3.05) is 39.4 Å². The molecule has 2 fully saturated rings. The molecule has 6 nitrogen and oxygen atoms in total. The lowest BCUT2D eigenvalue weighted by molar-refractivity contribution is -0.0304. The Morgan fingerprint density at radius 1 is 1.18 bits per heavy atom. The van der Waals surface area contributed by atoms with Gasteiger partial charge in [-0.3, -0.25) is 9.69 Å². The highest BCUT2D eigenvalue weighted by atomic mass is 32.2. The monoisotopic (exact) mass is 324 g/mol. The van der Waals surface area contributed by atoms with E-state index in [2.05, 4.69) is 4.90 Å². The maximum atomic E-state index is 12.7. The molecule has 0 spiro atoms. The van der Waals surface area contributed by atoms with Gasteiger partial charge in [-0.25, -0.2) is 8.42 Å². The number of ketones is 1. The summed E-state index contributed by atoms with van der Waals surface area (Å²) in [6.45, 7) is 5.31. The van der Waals surface area contributed by atoms with Crippen LogP contribution < -0.4 is 0 Å². The van der Waals surface area contributed by atoms with Crippen LogP contribution >= 0.6 is 0 Å². The number of sulfonamides is 1. The first-order valence-electron chi connectivity index (χ1n) is 7.41. The van der Waals surface area contributed by atoms with Gasteiger partial charge < -0.3 is 4.74 Å². The smallest absolute Gasteiger partial charge is 0.243 e. The average molecular weight is 324 g/mol. The second kappa shape index (κ2) is 6.08. The molecule has 0 bridgehead atoms. The fourth-order valence-corrected chi connectivity index (χ4v) is 4.42. The quantitative estimate of drug-likeness (QED) is 0.762. The van der Waals surface area contributed by atoms with Crippen LogP contribution in [0, 0.1) is 0 Å². The first kappa shape index (κ1) is 15.6. The first-order valence-corrected chi connectivity index (χ1v) is 8.85. The lowest BCUT2D eigenvalue weighted by Gasteiger charge is -2.43.